The Hall–Kier alpha value is -2.51. The van der Waals surface area contributed by atoms with E-state index in [9.17, 15) is 14.7 Å². The van der Waals surface area contributed by atoms with Crippen molar-refractivity contribution in [3.63, 3.8) is 0 Å². The molecule has 0 aromatic carbocycles. The third-order valence-corrected chi connectivity index (χ3v) is 4.49. The summed E-state index contributed by atoms with van der Waals surface area (Å²) in [7, 11) is 0. The summed E-state index contributed by atoms with van der Waals surface area (Å²) >= 11 is 2.55. The zero-order valence-electron chi connectivity index (χ0n) is 13.8. The van der Waals surface area contributed by atoms with Crippen molar-refractivity contribution in [3.05, 3.63) is 21.5 Å². The van der Waals surface area contributed by atoms with E-state index in [-0.39, 0.29) is 6.42 Å². The molecule has 25 heavy (non-hydrogen) atoms. The Bertz CT molecular complexity index is 816. The maximum Gasteiger partial charge on any atom is 0.408 e. The number of carboxylic acid groups (broad SMARTS) is 1. The summed E-state index contributed by atoms with van der Waals surface area (Å²) in [5, 5.41) is 24.9. The largest absolute Gasteiger partial charge is 0.480 e. The van der Waals surface area contributed by atoms with Crippen LogP contribution in [0.2, 0.25) is 0 Å². The number of carboxylic acids is 1. The van der Waals surface area contributed by atoms with E-state index in [0.717, 1.165) is 0 Å². The number of carbonyl (C=O) groups is 2. The van der Waals surface area contributed by atoms with Crippen molar-refractivity contribution in [2.45, 2.75) is 38.8 Å². The minimum Gasteiger partial charge on any atom is -0.480 e. The molecular weight excluding hydrogens is 364 g/mol. The van der Waals surface area contributed by atoms with Gasteiger partial charge in [-0.25, -0.2) is 19.6 Å². The zero-order valence-corrected chi connectivity index (χ0v) is 15.4. The fraction of sp³-hybridized carbons (Fsp3) is 0.400. The molecule has 10 heteroatoms. The van der Waals surface area contributed by atoms with Gasteiger partial charge in [0.05, 0.1) is 5.01 Å². The van der Waals surface area contributed by atoms with Crippen molar-refractivity contribution in [1.82, 2.24) is 15.3 Å². The number of alkyl carbamates (subject to hydrolysis) is 1. The SMILES string of the molecule is CC(C)(C)OC(=O)NC(Cc1nc(-c2nc(C#N)cs2)cs1)C(=O)O. The molecule has 0 aliphatic rings. The Morgan fingerprint density at radius 2 is 2.08 bits per heavy atom. The Labute approximate surface area is 152 Å². The predicted octanol–water partition coefficient (Wildman–Crippen LogP) is 2.66. The van der Waals surface area contributed by atoms with Crippen LogP contribution in [0.25, 0.3) is 10.7 Å². The average Bonchev–Trinajstić information content (AvgIpc) is 3.12. The molecule has 0 saturated heterocycles. The van der Waals surface area contributed by atoms with Gasteiger partial charge in [-0.05, 0) is 20.8 Å². The molecule has 132 valence electrons. The van der Waals surface area contributed by atoms with Crippen LogP contribution in [0, 0.1) is 11.3 Å². The Kier molecular flexibility index (Phi) is 5.71. The first-order valence-corrected chi connectivity index (χ1v) is 8.96. The first-order chi connectivity index (χ1) is 11.7. The number of carbonyl (C=O) groups excluding carboxylic acids is 1. The molecule has 2 aromatic heterocycles. The number of ether oxygens (including phenoxy) is 1. The average molecular weight is 380 g/mol. The van der Waals surface area contributed by atoms with Crippen LogP contribution in [0.4, 0.5) is 4.79 Å². The Morgan fingerprint density at radius 3 is 2.64 bits per heavy atom. The van der Waals surface area contributed by atoms with Gasteiger partial charge in [0.25, 0.3) is 0 Å². The molecule has 0 saturated carbocycles. The number of nitrogens with one attached hydrogen (secondary N) is 1. The van der Waals surface area contributed by atoms with Crippen LogP contribution in [0.15, 0.2) is 10.8 Å². The molecule has 2 heterocycles. The maximum absolute atomic E-state index is 11.8. The second-order valence-electron chi connectivity index (χ2n) is 6.02. The number of hydrogen-bond acceptors (Lipinski definition) is 8. The first kappa shape index (κ1) is 18.8. The van der Waals surface area contributed by atoms with Gasteiger partial charge in [-0.3, -0.25) is 0 Å². The van der Waals surface area contributed by atoms with Gasteiger partial charge < -0.3 is 15.2 Å². The van der Waals surface area contributed by atoms with Crippen LogP contribution >= 0.6 is 22.7 Å². The number of nitriles is 1. The lowest BCUT2D eigenvalue weighted by atomic mass is 10.2. The lowest BCUT2D eigenvalue weighted by molar-refractivity contribution is -0.139. The highest BCUT2D eigenvalue weighted by molar-refractivity contribution is 7.14. The highest BCUT2D eigenvalue weighted by atomic mass is 32.1. The second kappa shape index (κ2) is 7.58. The van der Waals surface area contributed by atoms with Gasteiger partial charge in [0.1, 0.15) is 28.4 Å². The van der Waals surface area contributed by atoms with Crippen molar-refractivity contribution in [2.24, 2.45) is 0 Å². The lowest BCUT2D eigenvalue weighted by Gasteiger charge is -2.21. The summed E-state index contributed by atoms with van der Waals surface area (Å²) in [5.41, 5.74) is 0.169. The molecule has 2 N–H and O–H groups in total. The van der Waals surface area contributed by atoms with Crippen LogP contribution < -0.4 is 5.32 Å². The zero-order chi connectivity index (χ0) is 18.6. The third kappa shape index (κ3) is 5.51. The predicted molar refractivity (Wildman–Crippen MR) is 92.4 cm³/mol. The number of aliphatic carboxylic acids is 1. The maximum atomic E-state index is 11.8. The van der Waals surface area contributed by atoms with E-state index in [1.54, 1.807) is 31.5 Å². The molecule has 1 amide bonds. The molecule has 0 bridgehead atoms. The molecule has 2 aromatic rings. The lowest BCUT2D eigenvalue weighted by Crippen LogP contribution is -2.44. The number of rotatable bonds is 5. The summed E-state index contributed by atoms with van der Waals surface area (Å²) in [6.07, 6.45) is -0.773. The molecular formula is C15H16N4O4S2. The molecule has 0 spiro atoms. The monoisotopic (exact) mass is 380 g/mol. The minimum absolute atomic E-state index is 0.0235. The van der Waals surface area contributed by atoms with Gasteiger partial charge in [-0.15, -0.1) is 22.7 Å². The van der Waals surface area contributed by atoms with Gasteiger partial charge in [0, 0.05) is 17.2 Å². The van der Waals surface area contributed by atoms with Gasteiger partial charge in [-0.2, -0.15) is 5.26 Å². The van der Waals surface area contributed by atoms with Crippen molar-refractivity contribution in [2.75, 3.05) is 0 Å². The van der Waals surface area contributed by atoms with Crippen molar-refractivity contribution >= 4 is 34.7 Å². The van der Waals surface area contributed by atoms with E-state index in [1.165, 1.54) is 22.7 Å². The summed E-state index contributed by atoms with van der Waals surface area (Å²) in [6, 6.07) is 0.794. The summed E-state index contributed by atoms with van der Waals surface area (Å²) < 4.78 is 5.08. The number of thiazole rings is 2. The third-order valence-electron chi connectivity index (χ3n) is 2.76. The fourth-order valence-electron chi connectivity index (χ4n) is 1.77. The highest BCUT2D eigenvalue weighted by Gasteiger charge is 2.25. The molecule has 1 atom stereocenters. The Morgan fingerprint density at radius 1 is 1.36 bits per heavy atom. The summed E-state index contributed by atoms with van der Waals surface area (Å²) in [4.78, 5) is 31.6. The standard InChI is InChI=1S/C15H16N4O4S2/c1-15(2,3)23-14(22)19-9(13(20)21)4-11-18-10(7-24-11)12-17-8(5-16)6-25-12/h6-7,9H,4H2,1-3H3,(H,19,22)(H,20,21). The van der Waals surface area contributed by atoms with E-state index < -0.39 is 23.7 Å². The van der Waals surface area contributed by atoms with Crippen molar-refractivity contribution in [3.8, 4) is 16.8 Å². The van der Waals surface area contributed by atoms with Gasteiger partial charge in [-0.1, -0.05) is 0 Å². The fourth-order valence-corrected chi connectivity index (χ4v) is 3.38. The number of aromatic nitrogens is 2. The van der Waals surface area contributed by atoms with Gasteiger partial charge >= 0.3 is 12.1 Å². The molecule has 0 aliphatic heterocycles. The number of nitrogens with zero attached hydrogens (tertiary/aromatic N) is 3. The molecule has 0 fully saturated rings. The topological polar surface area (TPSA) is 125 Å². The minimum atomic E-state index is -1.18. The van der Waals surface area contributed by atoms with Crippen molar-refractivity contribution in [1.29, 1.82) is 5.26 Å². The van der Waals surface area contributed by atoms with Crippen LogP contribution in [0.1, 0.15) is 31.5 Å². The van der Waals surface area contributed by atoms with Gasteiger partial charge in [0.15, 0.2) is 5.69 Å². The van der Waals surface area contributed by atoms with Crippen LogP contribution in [0.3, 0.4) is 0 Å². The number of amides is 1. The smallest absolute Gasteiger partial charge is 0.408 e. The highest BCUT2D eigenvalue weighted by Crippen LogP contribution is 2.25. The van der Waals surface area contributed by atoms with E-state index in [4.69, 9.17) is 10.00 Å². The molecule has 1 unspecified atom stereocenters. The van der Waals surface area contributed by atoms with Crippen molar-refractivity contribution < 1.29 is 19.4 Å². The Balaban J connectivity index is 2.06. The van der Waals surface area contributed by atoms with E-state index in [2.05, 4.69) is 15.3 Å². The van der Waals surface area contributed by atoms with E-state index in [1.807, 2.05) is 6.07 Å². The molecule has 0 radical (unpaired) electrons. The van der Waals surface area contributed by atoms with E-state index >= 15 is 0 Å². The summed E-state index contributed by atoms with van der Waals surface area (Å²) in [6.45, 7) is 5.08. The molecule has 8 nitrogen and oxygen atoms in total. The summed E-state index contributed by atoms with van der Waals surface area (Å²) in [5.74, 6) is -1.18. The second-order valence-corrected chi connectivity index (χ2v) is 7.82. The van der Waals surface area contributed by atoms with Crippen LogP contribution in [0.5, 0.6) is 0 Å². The van der Waals surface area contributed by atoms with E-state index in [0.29, 0.717) is 21.4 Å². The van der Waals surface area contributed by atoms with Crippen LogP contribution in [-0.2, 0) is 16.0 Å². The van der Waals surface area contributed by atoms with Gasteiger partial charge in [0.2, 0.25) is 0 Å². The van der Waals surface area contributed by atoms with Crippen LogP contribution in [-0.4, -0.2) is 38.8 Å². The number of hydrogen-bond donors (Lipinski definition) is 2. The molecule has 2 rings (SSSR count). The molecule has 0 aliphatic carbocycles. The normalized spacial score (nSPS) is 12.2. The first-order valence-electron chi connectivity index (χ1n) is 7.20. The quantitative estimate of drug-likeness (QED) is 0.816.